The minimum absolute atomic E-state index is 0.602. The highest BCUT2D eigenvalue weighted by atomic mass is 32.2. The van der Waals surface area contributed by atoms with Gasteiger partial charge in [0.05, 0.1) is 5.04 Å². The summed E-state index contributed by atoms with van der Waals surface area (Å²) in [6.07, 6.45) is 3.60. The molecule has 2 aliphatic rings. The van der Waals surface area contributed by atoms with Crippen molar-refractivity contribution in [2.24, 2.45) is 10.9 Å². The van der Waals surface area contributed by atoms with E-state index in [4.69, 9.17) is 5.11 Å². The fourth-order valence-corrected chi connectivity index (χ4v) is 2.60. The van der Waals surface area contributed by atoms with Crippen molar-refractivity contribution >= 4 is 22.8 Å². The van der Waals surface area contributed by atoms with Crippen molar-refractivity contribution in [3.63, 3.8) is 0 Å². The van der Waals surface area contributed by atoms with Gasteiger partial charge in [-0.05, 0) is 32.1 Å². The first-order chi connectivity index (χ1) is 6.10. The normalized spacial score (nSPS) is 33.2. The van der Waals surface area contributed by atoms with Crippen molar-refractivity contribution in [1.82, 2.24) is 0 Å². The van der Waals surface area contributed by atoms with Gasteiger partial charge in [-0.1, -0.05) is 0 Å². The Morgan fingerprint density at radius 3 is 2.92 bits per heavy atom. The molecule has 1 N–H and O–H groups in total. The van der Waals surface area contributed by atoms with Gasteiger partial charge in [-0.15, -0.1) is 11.8 Å². The maximum absolute atomic E-state index is 10.8. The Labute approximate surface area is 81.6 Å². The average Bonchev–Trinajstić information content (AvgIpc) is 2.76. The fraction of sp³-hybridized carbons (Fsp3) is 0.778. The van der Waals surface area contributed by atoms with Crippen molar-refractivity contribution in [2.45, 2.75) is 31.7 Å². The number of aliphatic carboxylic acids is 1. The van der Waals surface area contributed by atoms with Crippen molar-refractivity contribution in [1.29, 1.82) is 0 Å². The summed E-state index contributed by atoms with van der Waals surface area (Å²) in [6, 6.07) is 0. The lowest BCUT2D eigenvalue weighted by Crippen LogP contribution is -2.33. The van der Waals surface area contributed by atoms with E-state index in [1.165, 1.54) is 12.8 Å². The lowest BCUT2D eigenvalue weighted by Gasteiger charge is -2.11. The molecule has 1 atom stereocenters. The van der Waals surface area contributed by atoms with E-state index in [-0.39, 0.29) is 0 Å². The van der Waals surface area contributed by atoms with Crippen molar-refractivity contribution < 1.29 is 9.90 Å². The second kappa shape index (κ2) is 3.01. The van der Waals surface area contributed by atoms with E-state index < -0.39 is 11.5 Å². The Hall–Kier alpha value is -0.510. The van der Waals surface area contributed by atoms with Crippen LogP contribution in [0.4, 0.5) is 0 Å². The van der Waals surface area contributed by atoms with Crippen LogP contribution in [0.2, 0.25) is 0 Å². The molecule has 0 aromatic heterocycles. The Morgan fingerprint density at radius 2 is 2.46 bits per heavy atom. The molecule has 1 saturated carbocycles. The molecular formula is C9H13NO2S. The Kier molecular flexibility index (Phi) is 2.10. The molecule has 4 heteroatoms. The standard InChI is InChI=1S/C9H13NO2S/c1-9(8(11)12)5-13-7(10-9)4-6-2-3-6/h6H,2-5H2,1H3,(H,11,12)/t9-/m0/s1. The van der Waals surface area contributed by atoms with E-state index in [1.807, 2.05) is 0 Å². The second-order valence-corrected chi connectivity index (χ2v) is 5.07. The topological polar surface area (TPSA) is 49.7 Å². The highest BCUT2D eigenvalue weighted by molar-refractivity contribution is 8.14. The first kappa shape index (κ1) is 9.06. The van der Waals surface area contributed by atoms with Gasteiger partial charge >= 0.3 is 5.97 Å². The number of thioether (sulfide) groups is 1. The summed E-state index contributed by atoms with van der Waals surface area (Å²) in [6.45, 7) is 1.70. The van der Waals surface area contributed by atoms with Gasteiger partial charge in [0.25, 0.3) is 0 Å². The zero-order valence-electron chi connectivity index (χ0n) is 7.62. The largest absolute Gasteiger partial charge is 0.479 e. The number of hydrogen-bond acceptors (Lipinski definition) is 3. The van der Waals surface area contributed by atoms with Crippen molar-refractivity contribution in [2.75, 3.05) is 5.75 Å². The zero-order chi connectivity index (χ0) is 9.47. The van der Waals surface area contributed by atoms with Crippen LogP contribution < -0.4 is 0 Å². The molecule has 1 heterocycles. The maximum atomic E-state index is 10.8. The van der Waals surface area contributed by atoms with Gasteiger partial charge in [-0.25, -0.2) is 4.79 Å². The predicted octanol–water partition coefficient (Wildman–Crippen LogP) is 1.78. The average molecular weight is 199 g/mol. The Morgan fingerprint density at radius 1 is 1.77 bits per heavy atom. The minimum Gasteiger partial charge on any atom is -0.479 e. The molecule has 13 heavy (non-hydrogen) atoms. The predicted molar refractivity (Wildman–Crippen MR) is 53.3 cm³/mol. The number of carbonyl (C=O) groups is 1. The molecule has 1 aliphatic carbocycles. The van der Waals surface area contributed by atoms with E-state index >= 15 is 0 Å². The van der Waals surface area contributed by atoms with Crippen LogP contribution in [0.3, 0.4) is 0 Å². The van der Waals surface area contributed by atoms with Gasteiger partial charge in [0.1, 0.15) is 0 Å². The molecule has 0 unspecified atom stereocenters. The van der Waals surface area contributed by atoms with Gasteiger partial charge < -0.3 is 5.11 Å². The Balaban J connectivity index is 2.02. The van der Waals surface area contributed by atoms with Crippen molar-refractivity contribution in [3.05, 3.63) is 0 Å². The molecule has 0 aromatic rings. The third-order valence-corrected chi connectivity index (χ3v) is 3.81. The molecule has 0 saturated heterocycles. The summed E-state index contributed by atoms with van der Waals surface area (Å²) < 4.78 is 0. The Bertz CT molecular complexity index is 273. The molecule has 72 valence electrons. The highest BCUT2D eigenvalue weighted by Gasteiger charge is 2.39. The van der Waals surface area contributed by atoms with Crippen LogP contribution in [0.25, 0.3) is 0 Å². The van der Waals surface area contributed by atoms with Gasteiger partial charge in [0, 0.05) is 5.75 Å². The first-order valence-electron chi connectivity index (χ1n) is 4.55. The quantitative estimate of drug-likeness (QED) is 0.753. The van der Waals surface area contributed by atoms with Crippen LogP contribution in [0.1, 0.15) is 26.2 Å². The molecule has 3 nitrogen and oxygen atoms in total. The molecule has 1 fully saturated rings. The van der Waals surface area contributed by atoms with Crippen molar-refractivity contribution in [3.8, 4) is 0 Å². The van der Waals surface area contributed by atoms with Crippen LogP contribution in [0.5, 0.6) is 0 Å². The van der Waals surface area contributed by atoms with Crippen LogP contribution in [0.15, 0.2) is 4.99 Å². The lowest BCUT2D eigenvalue weighted by atomic mass is 10.1. The smallest absolute Gasteiger partial charge is 0.332 e. The number of hydrogen-bond donors (Lipinski definition) is 1. The van der Waals surface area contributed by atoms with Crippen LogP contribution >= 0.6 is 11.8 Å². The van der Waals surface area contributed by atoms with E-state index in [9.17, 15) is 4.79 Å². The monoisotopic (exact) mass is 199 g/mol. The SMILES string of the molecule is C[C@@]1(C(=O)O)CSC(CC2CC2)=N1. The summed E-state index contributed by atoms with van der Waals surface area (Å²) >= 11 is 1.62. The molecule has 0 spiro atoms. The van der Waals surface area contributed by atoms with Gasteiger partial charge in [-0.3, -0.25) is 4.99 Å². The minimum atomic E-state index is -0.852. The van der Waals surface area contributed by atoms with Crippen LogP contribution in [0, 0.1) is 5.92 Å². The molecule has 0 aromatic carbocycles. The van der Waals surface area contributed by atoms with E-state index in [0.29, 0.717) is 5.75 Å². The molecule has 0 amide bonds. The van der Waals surface area contributed by atoms with E-state index in [1.54, 1.807) is 18.7 Å². The first-order valence-corrected chi connectivity index (χ1v) is 5.54. The van der Waals surface area contributed by atoms with E-state index in [2.05, 4.69) is 4.99 Å². The molecule has 0 radical (unpaired) electrons. The zero-order valence-corrected chi connectivity index (χ0v) is 8.43. The molecule has 2 rings (SSSR count). The summed E-state index contributed by atoms with van der Waals surface area (Å²) in [4.78, 5) is 15.1. The third-order valence-electron chi connectivity index (χ3n) is 2.51. The number of aliphatic imine (C=N–C) groups is 1. The van der Waals surface area contributed by atoms with Gasteiger partial charge in [0.2, 0.25) is 0 Å². The number of rotatable bonds is 3. The van der Waals surface area contributed by atoms with E-state index in [0.717, 1.165) is 17.4 Å². The lowest BCUT2D eigenvalue weighted by molar-refractivity contribution is -0.141. The number of carboxylic acids is 1. The summed E-state index contributed by atoms with van der Waals surface area (Å²) in [7, 11) is 0. The molecular weight excluding hydrogens is 186 g/mol. The molecule has 1 aliphatic heterocycles. The van der Waals surface area contributed by atoms with Crippen LogP contribution in [-0.2, 0) is 4.79 Å². The molecule has 0 bridgehead atoms. The van der Waals surface area contributed by atoms with Gasteiger partial charge in [-0.2, -0.15) is 0 Å². The number of nitrogens with zero attached hydrogens (tertiary/aromatic N) is 1. The third kappa shape index (κ3) is 1.88. The highest BCUT2D eigenvalue weighted by Crippen LogP contribution is 2.38. The summed E-state index contributed by atoms with van der Waals surface area (Å²) in [5, 5.41) is 9.97. The fourth-order valence-electron chi connectivity index (χ4n) is 1.35. The number of carboxylic acid groups (broad SMARTS) is 1. The second-order valence-electron chi connectivity index (χ2n) is 4.02. The summed E-state index contributed by atoms with van der Waals surface area (Å²) in [5.74, 6) is 0.595. The summed E-state index contributed by atoms with van der Waals surface area (Å²) in [5.41, 5.74) is -0.852. The maximum Gasteiger partial charge on any atom is 0.332 e. The van der Waals surface area contributed by atoms with Crippen LogP contribution in [-0.4, -0.2) is 27.4 Å². The van der Waals surface area contributed by atoms with Gasteiger partial charge in [0.15, 0.2) is 5.54 Å².